The second-order valence-corrected chi connectivity index (χ2v) is 7.51. The third kappa shape index (κ3) is 4.29. The molecule has 140 valence electrons. The van der Waals surface area contributed by atoms with E-state index in [9.17, 15) is 0 Å². The van der Waals surface area contributed by atoms with Gasteiger partial charge in [-0.2, -0.15) is 0 Å². The maximum Gasteiger partial charge on any atom is 0.138 e. The minimum Gasteiger partial charge on any atom is -0.496 e. The first kappa shape index (κ1) is 19.3. The first-order chi connectivity index (χ1) is 12.8. The summed E-state index contributed by atoms with van der Waals surface area (Å²) >= 11 is 6.08. The zero-order chi connectivity index (χ0) is 19.6. The normalized spacial score (nSPS) is 11.5. The molecule has 0 saturated carbocycles. The summed E-state index contributed by atoms with van der Waals surface area (Å²) in [6.45, 7) is 3.80. The van der Waals surface area contributed by atoms with E-state index in [0.717, 1.165) is 11.3 Å². The molecule has 5 heteroatoms. The summed E-state index contributed by atoms with van der Waals surface area (Å²) in [5.74, 6) is 0.150. The van der Waals surface area contributed by atoms with Crippen molar-refractivity contribution >= 4 is 11.6 Å². The van der Waals surface area contributed by atoms with Gasteiger partial charge in [-0.05, 0) is 54.8 Å². The molecule has 27 heavy (non-hydrogen) atoms. The van der Waals surface area contributed by atoms with Gasteiger partial charge in [-0.25, -0.2) is 4.39 Å². The fourth-order valence-electron chi connectivity index (χ4n) is 2.95. The molecule has 3 nitrogen and oxygen atoms in total. The highest BCUT2D eigenvalue weighted by atomic mass is 35.5. The number of pyridine rings is 1. The van der Waals surface area contributed by atoms with E-state index in [2.05, 4.69) is 4.98 Å². The van der Waals surface area contributed by atoms with Crippen LogP contribution in [0.5, 0.6) is 5.75 Å². The second kappa shape index (κ2) is 7.67. The van der Waals surface area contributed by atoms with Crippen molar-refractivity contribution in [3.8, 4) is 16.9 Å². The average molecular weight is 385 g/mol. The summed E-state index contributed by atoms with van der Waals surface area (Å²) in [7, 11) is 1.53. The van der Waals surface area contributed by atoms with Gasteiger partial charge in [0.25, 0.3) is 0 Å². The maximum absolute atomic E-state index is 15.3. The molecule has 0 fully saturated rings. The summed E-state index contributed by atoms with van der Waals surface area (Å²) in [6.07, 6.45) is 2.16. The first-order valence-electron chi connectivity index (χ1n) is 8.65. The van der Waals surface area contributed by atoms with E-state index in [1.807, 2.05) is 32.0 Å². The van der Waals surface area contributed by atoms with E-state index in [4.69, 9.17) is 22.1 Å². The number of hydrogen-bond acceptors (Lipinski definition) is 3. The lowest BCUT2D eigenvalue weighted by molar-refractivity contribution is 0.413. The van der Waals surface area contributed by atoms with Gasteiger partial charge in [0, 0.05) is 17.6 Å². The number of aromatic nitrogens is 1. The number of rotatable bonds is 5. The Morgan fingerprint density at radius 1 is 1.15 bits per heavy atom. The summed E-state index contributed by atoms with van der Waals surface area (Å²) in [6, 6.07) is 14.4. The third-order valence-electron chi connectivity index (χ3n) is 4.40. The van der Waals surface area contributed by atoms with Gasteiger partial charge in [-0.3, -0.25) is 4.98 Å². The van der Waals surface area contributed by atoms with Crippen LogP contribution in [0.15, 0.2) is 54.7 Å². The highest BCUT2D eigenvalue weighted by molar-refractivity contribution is 6.30. The van der Waals surface area contributed by atoms with Crippen molar-refractivity contribution in [3.05, 3.63) is 82.4 Å². The monoisotopic (exact) mass is 384 g/mol. The van der Waals surface area contributed by atoms with Gasteiger partial charge in [0.05, 0.1) is 23.9 Å². The van der Waals surface area contributed by atoms with Crippen LogP contribution in [0.4, 0.5) is 4.39 Å². The van der Waals surface area contributed by atoms with Crippen molar-refractivity contribution < 1.29 is 9.13 Å². The quantitative estimate of drug-likeness (QED) is 0.646. The summed E-state index contributed by atoms with van der Waals surface area (Å²) in [4.78, 5) is 4.41. The number of hydrogen-bond donors (Lipinski definition) is 1. The molecule has 0 bridgehead atoms. The molecule has 0 saturated heterocycles. The van der Waals surface area contributed by atoms with Crippen molar-refractivity contribution in [1.29, 1.82) is 0 Å². The van der Waals surface area contributed by atoms with Gasteiger partial charge in [-0.15, -0.1) is 0 Å². The van der Waals surface area contributed by atoms with Crippen molar-refractivity contribution in [2.45, 2.75) is 25.8 Å². The standard InChI is InChI=1S/C22H22ClFN2O/c1-22(2,25)19-10-7-14(13-26-19)11-16-8-9-18(27-3)20(21(16)24)15-5-4-6-17(23)12-15/h4-10,12-13H,11,25H2,1-3H3. The van der Waals surface area contributed by atoms with Crippen LogP contribution >= 0.6 is 11.6 Å². The topological polar surface area (TPSA) is 48.1 Å². The Bertz CT molecular complexity index is 950. The molecule has 1 heterocycles. The molecular weight excluding hydrogens is 363 g/mol. The van der Waals surface area contributed by atoms with E-state index in [1.165, 1.54) is 7.11 Å². The predicted octanol–water partition coefficient (Wildman–Crippen LogP) is 5.33. The molecule has 3 rings (SSSR count). The molecular formula is C22H22ClFN2O. The van der Waals surface area contributed by atoms with E-state index < -0.39 is 5.54 Å². The van der Waals surface area contributed by atoms with Crippen molar-refractivity contribution in [3.63, 3.8) is 0 Å². The zero-order valence-corrected chi connectivity index (χ0v) is 16.3. The number of methoxy groups -OCH3 is 1. The van der Waals surface area contributed by atoms with Gasteiger partial charge in [0.15, 0.2) is 0 Å². The number of benzene rings is 2. The van der Waals surface area contributed by atoms with Crippen LogP contribution in [0, 0.1) is 5.82 Å². The molecule has 0 amide bonds. The minimum atomic E-state index is -0.510. The molecule has 3 aromatic rings. The fourth-order valence-corrected chi connectivity index (χ4v) is 3.14. The highest BCUT2D eigenvalue weighted by Gasteiger charge is 2.18. The zero-order valence-electron chi connectivity index (χ0n) is 15.6. The minimum absolute atomic E-state index is 0.320. The summed E-state index contributed by atoms with van der Waals surface area (Å²) < 4.78 is 20.7. The molecule has 0 unspecified atom stereocenters. The van der Waals surface area contributed by atoms with Crippen LogP contribution in [0.1, 0.15) is 30.7 Å². The van der Waals surface area contributed by atoms with E-state index in [-0.39, 0.29) is 5.82 Å². The summed E-state index contributed by atoms with van der Waals surface area (Å²) in [5.41, 5.74) is 8.90. The Balaban J connectivity index is 1.99. The Labute approximate surface area is 164 Å². The lowest BCUT2D eigenvalue weighted by Crippen LogP contribution is -2.29. The molecule has 2 N–H and O–H groups in total. The molecule has 1 aromatic heterocycles. The Kier molecular flexibility index (Phi) is 5.49. The van der Waals surface area contributed by atoms with Gasteiger partial charge < -0.3 is 10.5 Å². The number of nitrogens with two attached hydrogens (primary N) is 1. The predicted molar refractivity (Wildman–Crippen MR) is 108 cm³/mol. The molecule has 0 spiro atoms. The van der Waals surface area contributed by atoms with Gasteiger partial charge in [-0.1, -0.05) is 35.9 Å². The second-order valence-electron chi connectivity index (χ2n) is 7.08. The van der Waals surface area contributed by atoms with Crippen molar-refractivity contribution in [2.75, 3.05) is 7.11 Å². The number of ether oxygens (including phenoxy) is 1. The Morgan fingerprint density at radius 3 is 2.52 bits per heavy atom. The lowest BCUT2D eigenvalue weighted by Gasteiger charge is -2.18. The van der Waals surface area contributed by atoms with Crippen LogP contribution in [0.2, 0.25) is 5.02 Å². The van der Waals surface area contributed by atoms with E-state index >= 15 is 4.39 Å². The molecule has 0 atom stereocenters. The van der Waals surface area contributed by atoms with Gasteiger partial charge in [0.2, 0.25) is 0 Å². The molecule has 0 aliphatic rings. The first-order valence-corrected chi connectivity index (χ1v) is 9.03. The van der Waals surface area contributed by atoms with E-state index in [0.29, 0.717) is 33.9 Å². The maximum atomic E-state index is 15.3. The highest BCUT2D eigenvalue weighted by Crippen LogP contribution is 2.36. The van der Waals surface area contributed by atoms with Crippen molar-refractivity contribution in [1.82, 2.24) is 4.98 Å². The molecule has 0 aliphatic heterocycles. The average Bonchev–Trinajstić information content (AvgIpc) is 2.63. The molecule has 2 aromatic carbocycles. The smallest absolute Gasteiger partial charge is 0.138 e. The van der Waals surface area contributed by atoms with Crippen LogP contribution < -0.4 is 10.5 Å². The summed E-state index contributed by atoms with van der Waals surface area (Å²) in [5, 5.41) is 0.545. The van der Waals surface area contributed by atoms with Crippen LogP contribution in [0.25, 0.3) is 11.1 Å². The van der Waals surface area contributed by atoms with Gasteiger partial charge >= 0.3 is 0 Å². The van der Waals surface area contributed by atoms with Crippen LogP contribution in [0.3, 0.4) is 0 Å². The third-order valence-corrected chi connectivity index (χ3v) is 4.63. The Morgan fingerprint density at radius 2 is 1.93 bits per heavy atom. The van der Waals surface area contributed by atoms with E-state index in [1.54, 1.807) is 36.5 Å². The number of nitrogens with zero attached hydrogens (tertiary/aromatic N) is 1. The molecule has 0 radical (unpaired) electrons. The largest absolute Gasteiger partial charge is 0.496 e. The fraction of sp³-hybridized carbons (Fsp3) is 0.227. The van der Waals surface area contributed by atoms with Crippen LogP contribution in [-0.2, 0) is 12.0 Å². The van der Waals surface area contributed by atoms with Gasteiger partial charge in [0.1, 0.15) is 11.6 Å². The van der Waals surface area contributed by atoms with Crippen LogP contribution in [-0.4, -0.2) is 12.1 Å². The SMILES string of the molecule is COc1ccc(Cc2ccc(C(C)(C)N)nc2)c(F)c1-c1cccc(Cl)c1. The lowest BCUT2D eigenvalue weighted by atomic mass is 9.96. The number of halogens is 2. The Hall–Kier alpha value is -2.43. The molecule has 0 aliphatic carbocycles. The van der Waals surface area contributed by atoms with Crippen molar-refractivity contribution in [2.24, 2.45) is 5.73 Å².